The van der Waals surface area contributed by atoms with Gasteiger partial charge in [-0.15, -0.1) is 0 Å². The van der Waals surface area contributed by atoms with E-state index in [2.05, 4.69) is 33.8 Å². The Hall–Kier alpha value is -1.08. The molecule has 1 aliphatic heterocycles. The fraction of sp³-hybridized carbons (Fsp3) is 0.846. The Kier molecular flexibility index (Phi) is 4.16. The van der Waals surface area contributed by atoms with Crippen LogP contribution in [0.5, 0.6) is 0 Å². The Bertz CT molecular complexity index is 332. The molecule has 2 atom stereocenters. The number of carbonyl (C=O) groups excluding carboxylic acids is 1. The van der Waals surface area contributed by atoms with Crippen LogP contribution in [0.25, 0.3) is 0 Å². The second-order valence-electron chi connectivity index (χ2n) is 5.52. The third-order valence-electron chi connectivity index (χ3n) is 3.96. The standard InChI is InChI=1S/C13H23N3O/c1-6-10(2)16-9-13(3,4)15(5)11(7-8-14)12(16)17/h10-11H,6-7,9H2,1-5H3. The molecule has 4 nitrogen and oxygen atoms in total. The minimum Gasteiger partial charge on any atom is -0.337 e. The van der Waals surface area contributed by atoms with E-state index in [0.717, 1.165) is 13.0 Å². The van der Waals surface area contributed by atoms with E-state index in [-0.39, 0.29) is 30.0 Å². The van der Waals surface area contributed by atoms with Crippen LogP contribution in [0.3, 0.4) is 0 Å². The molecule has 0 aromatic heterocycles. The maximum atomic E-state index is 12.3. The smallest absolute Gasteiger partial charge is 0.241 e. The summed E-state index contributed by atoms with van der Waals surface area (Å²) >= 11 is 0. The Morgan fingerprint density at radius 3 is 2.65 bits per heavy atom. The molecule has 2 unspecified atom stereocenters. The molecular weight excluding hydrogens is 214 g/mol. The first-order chi connectivity index (χ1) is 7.85. The second-order valence-corrected chi connectivity index (χ2v) is 5.52. The number of piperazine rings is 1. The lowest BCUT2D eigenvalue weighted by Gasteiger charge is -2.50. The van der Waals surface area contributed by atoms with Gasteiger partial charge in [0.2, 0.25) is 5.91 Å². The molecular formula is C13H23N3O. The first-order valence-corrected chi connectivity index (χ1v) is 6.25. The second kappa shape index (κ2) is 5.05. The van der Waals surface area contributed by atoms with Crippen molar-refractivity contribution in [3.63, 3.8) is 0 Å². The first kappa shape index (κ1) is 14.0. The Morgan fingerprint density at radius 2 is 2.18 bits per heavy atom. The SMILES string of the molecule is CCC(C)N1CC(C)(C)N(C)C(CC#N)C1=O. The highest BCUT2D eigenvalue weighted by Crippen LogP contribution is 2.27. The minimum atomic E-state index is -0.294. The normalized spacial score (nSPS) is 26.7. The van der Waals surface area contributed by atoms with Gasteiger partial charge in [0.15, 0.2) is 0 Å². The summed E-state index contributed by atoms with van der Waals surface area (Å²) in [5, 5.41) is 8.86. The van der Waals surface area contributed by atoms with Crippen LogP contribution in [0.2, 0.25) is 0 Å². The van der Waals surface area contributed by atoms with E-state index in [4.69, 9.17) is 5.26 Å². The van der Waals surface area contributed by atoms with E-state index in [1.807, 2.05) is 16.8 Å². The van der Waals surface area contributed by atoms with Gasteiger partial charge in [0.05, 0.1) is 12.5 Å². The molecule has 0 N–H and O–H groups in total. The molecule has 96 valence electrons. The summed E-state index contributed by atoms with van der Waals surface area (Å²) in [6.07, 6.45) is 1.22. The van der Waals surface area contributed by atoms with Crippen LogP contribution in [0, 0.1) is 11.3 Å². The minimum absolute atomic E-state index is 0.0706. The van der Waals surface area contributed by atoms with Crippen molar-refractivity contribution in [2.75, 3.05) is 13.6 Å². The molecule has 0 bridgehead atoms. The number of amides is 1. The van der Waals surface area contributed by atoms with Gasteiger partial charge in [0.25, 0.3) is 0 Å². The van der Waals surface area contributed by atoms with Crippen molar-refractivity contribution >= 4 is 5.91 Å². The summed E-state index contributed by atoms with van der Waals surface area (Å²) in [6.45, 7) is 9.14. The first-order valence-electron chi connectivity index (χ1n) is 6.25. The molecule has 0 aromatic carbocycles. The highest BCUT2D eigenvalue weighted by Gasteiger charge is 2.43. The number of hydrogen-bond acceptors (Lipinski definition) is 3. The van der Waals surface area contributed by atoms with Crippen molar-refractivity contribution < 1.29 is 4.79 Å². The average Bonchev–Trinajstić information content (AvgIpc) is 2.29. The van der Waals surface area contributed by atoms with Crippen LogP contribution >= 0.6 is 0 Å². The third-order valence-corrected chi connectivity index (χ3v) is 3.96. The molecule has 1 saturated heterocycles. The van der Waals surface area contributed by atoms with Crippen molar-refractivity contribution in [3.8, 4) is 6.07 Å². The molecule has 0 saturated carbocycles. The van der Waals surface area contributed by atoms with Crippen molar-refractivity contribution in [2.24, 2.45) is 0 Å². The molecule has 1 amide bonds. The highest BCUT2D eigenvalue weighted by molar-refractivity contribution is 5.83. The third kappa shape index (κ3) is 2.61. The maximum Gasteiger partial charge on any atom is 0.241 e. The summed E-state index contributed by atoms with van der Waals surface area (Å²) in [7, 11) is 1.94. The molecule has 0 radical (unpaired) electrons. The average molecular weight is 237 g/mol. The summed E-state index contributed by atoms with van der Waals surface area (Å²) in [4.78, 5) is 16.3. The number of rotatable bonds is 3. The maximum absolute atomic E-state index is 12.3. The molecule has 0 aliphatic carbocycles. The van der Waals surface area contributed by atoms with Gasteiger partial charge in [-0.1, -0.05) is 6.92 Å². The van der Waals surface area contributed by atoms with Crippen LogP contribution in [0.4, 0.5) is 0 Å². The van der Waals surface area contributed by atoms with E-state index < -0.39 is 0 Å². The van der Waals surface area contributed by atoms with Gasteiger partial charge in [-0.3, -0.25) is 9.69 Å². The van der Waals surface area contributed by atoms with Crippen molar-refractivity contribution in [2.45, 2.75) is 58.2 Å². The zero-order chi connectivity index (χ0) is 13.2. The van der Waals surface area contributed by atoms with Crippen LogP contribution in [-0.4, -0.2) is 46.9 Å². The van der Waals surface area contributed by atoms with Crippen molar-refractivity contribution in [3.05, 3.63) is 0 Å². The van der Waals surface area contributed by atoms with E-state index >= 15 is 0 Å². The molecule has 1 heterocycles. The predicted octanol–water partition coefficient (Wildman–Crippen LogP) is 1.62. The van der Waals surface area contributed by atoms with E-state index in [9.17, 15) is 4.79 Å². The Balaban J connectivity index is 2.99. The molecule has 1 rings (SSSR count). The van der Waals surface area contributed by atoms with Gasteiger partial charge in [-0.05, 0) is 34.2 Å². The largest absolute Gasteiger partial charge is 0.337 e. The van der Waals surface area contributed by atoms with E-state index in [0.29, 0.717) is 0 Å². The van der Waals surface area contributed by atoms with Crippen LogP contribution in [-0.2, 0) is 4.79 Å². The Labute approximate surface area is 104 Å². The molecule has 4 heteroatoms. The molecule has 0 spiro atoms. The number of carbonyl (C=O) groups is 1. The lowest BCUT2D eigenvalue weighted by molar-refractivity contribution is -0.150. The van der Waals surface area contributed by atoms with E-state index in [1.165, 1.54) is 0 Å². The number of likely N-dealkylation sites (N-methyl/N-ethyl adjacent to an activating group) is 1. The molecule has 17 heavy (non-hydrogen) atoms. The monoisotopic (exact) mass is 237 g/mol. The van der Waals surface area contributed by atoms with E-state index in [1.54, 1.807) is 0 Å². The van der Waals surface area contributed by atoms with Crippen LogP contribution in [0.15, 0.2) is 0 Å². The predicted molar refractivity (Wildman–Crippen MR) is 67.3 cm³/mol. The summed E-state index contributed by atoms with van der Waals surface area (Å²) in [5.74, 6) is 0.0997. The van der Waals surface area contributed by atoms with Crippen molar-refractivity contribution in [1.29, 1.82) is 5.26 Å². The zero-order valence-corrected chi connectivity index (χ0v) is 11.5. The molecule has 0 aromatic rings. The fourth-order valence-corrected chi connectivity index (χ4v) is 2.29. The van der Waals surface area contributed by atoms with Crippen LogP contribution in [0.1, 0.15) is 40.5 Å². The van der Waals surface area contributed by atoms with Gasteiger partial charge in [0, 0.05) is 18.1 Å². The van der Waals surface area contributed by atoms with Crippen LogP contribution < -0.4 is 0 Å². The summed E-state index contributed by atoms with van der Waals surface area (Å²) in [5.41, 5.74) is -0.0706. The summed E-state index contributed by atoms with van der Waals surface area (Å²) < 4.78 is 0. The topological polar surface area (TPSA) is 47.3 Å². The Morgan fingerprint density at radius 1 is 1.59 bits per heavy atom. The van der Waals surface area contributed by atoms with Gasteiger partial charge in [0.1, 0.15) is 6.04 Å². The highest BCUT2D eigenvalue weighted by atomic mass is 16.2. The lowest BCUT2D eigenvalue weighted by Crippen LogP contribution is -2.66. The van der Waals surface area contributed by atoms with Gasteiger partial charge < -0.3 is 4.90 Å². The molecule has 1 aliphatic rings. The zero-order valence-electron chi connectivity index (χ0n) is 11.5. The number of nitriles is 1. The van der Waals surface area contributed by atoms with Crippen molar-refractivity contribution in [1.82, 2.24) is 9.80 Å². The molecule has 1 fully saturated rings. The lowest BCUT2D eigenvalue weighted by atomic mass is 9.92. The number of nitrogens with zero attached hydrogens (tertiary/aromatic N) is 3. The van der Waals surface area contributed by atoms with Gasteiger partial charge >= 0.3 is 0 Å². The van der Waals surface area contributed by atoms with Gasteiger partial charge in [-0.25, -0.2) is 0 Å². The summed E-state index contributed by atoms with van der Waals surface area (Å²) in [6, 6.07) is 2.08. The fourth-order valence-electron chi connectivity index (χ4n) is 2.29. The van der Waals surface area contributed by atoms with Gasteiger partial charge in [-0.2, -0.15) is 5.26 Å². The quantitative estimate of drug-likeness (QED) is 0.749. The number of hydrogen-bond donors (Lipinski definition) is 0.